The Morgan fingerprint density at radius 2 is 1.83 bits per heavy atom. The molecule has 1 heterocycles. The molecular formula is C13H16N2O3. The summed E-state index contributed by atoms with van der Waals surface area (Å²) in [6, 6.07) is 6.64. The zero-order valence-electron chi connectivity index (χ0n) is 10.7. The van der Waals surface area contributed by atoms with Crippen LogP contribution in [0.1, 0.15) is 32.4 Å². The molecule has 0 N–H and O–H groups in total. The molecule has 5 heteroatoms. The third-order valence-corrected chi connectivity index (χ3v) is 3.42. The second-order valence-corrected chi connectivity index (χ2v) is 4.92. The van der Waals surface area contributed by atoms with Crippen LogP contribution in [-0.4, -0.2) is 21.8 Å². The van der Waals surface area contributed by atoms with Crippen molar-refractivity contribution in [1.82, 2.24) is 4.90 Å². The maximum atomic E-state index is 11.8. The molecule has 0 radical (unpaired) electrons. The van der Waals surface area contributed by atoms with Crippen LogP contribution >= 0.6 is 0 Å². The maximum absolute atomic E-state index is 11.8. The monoisotopic (exact) mass is 248 g/mol. The minimum atomic E-state index is -0.417. The van der Waals surface area contributed by atoms with E-state index in [-0.39, 0.29) is 29.6 Å². The van der Waals surface area contributed by atoms with Crippen LogP contribution in [0.4, 0.5) is 5.69 Å². The van der Waals surface area contributed by atoms with Crippen LogP contribution in [0, 0.1) is 16.0 Å². The van der Waals surface area contributed by atoms with E-state index >= 15 is 0 Å². The number of nitro benzene ring substituents is 1. The molecule has 2 atom stereocenters. The number of carbonyl (C=O) groups is 1. The molecule has 1 aliphatic heterocycles. The van der Waals surface area contributed by atoms with Crippen molar-refractivity contribution < 1.29 is 9.72 Å². The Morgan fingerprint density at radius 1 is 1.28 bits per heavy atom. The van der Waals surface area contributed by atoms with Gasteiger partial charge in [-0.25, -0.2) is 0 Å². The highest BCUT2D eigenvalue weighted by atomic mass is 16.6. The molecule has 0 bridgehead atoms. The summed E-state index contributed by atoms with van der Waals surface area (Å²) < 4.78 is 0. The Kier molecular flexibility index (Phi) is 3.07. The standard InChI is InChI=1S/C13H16N2O3/c1-8(2)14-12(9(3)13(14)16)10-4-6-11(7-5-10)15(17)18/h4-9,12H,1-3H3/t9-,12+/m0/s1. The minimum Gasteiger partial charge on any atom is -0.332 e. The molecule has 1 amide bonds. The van der Waals surface area contributed by atoms with Gasteiger partial charge in [0, 0.05) is 18.2 Å². The topological polar surface area (TPSA) is 63.5 Å². The lowest BCUT2D eigenvalue weighted by Gasteiger charge is -2.48. The lowest BCUT2D eigenvalue weighted by Crippen LogP contribution is -2.56. The molecule has 2 rings (SSSR count). The molecule has 0 aromatic heterocycles. The second-order valence-electron chi connectivity index (χ2n) is 4.92. The van der Waals surface area contributed by atoms with E-state index in [9.17, 15) is 14.9 Å². The first-order valence-corrected chi connectivity index (χ1v) is 6.00. The van der Waals surface area contributed by atoms with Gasteiger partial charge in [0.15, 0.2) is 0 Å². The summed E-state index contributed by atoms with van der Waals surface area (Å²) in [5, 5.41) is 10.6. The number of β-lactam (4-membered cyclic amide) rings is 1. The summed E-state index contributed by atoms with van der Waals surface area (Å²) in [6.45, 7) is 5.84. The Morgan fingerprint density at radius 3 is 2.28 bits per heavy atom. The number of hydrogen-bond donors (Lipinski definition) is 0. The quantitative estimate of drug-likeness (QED) is 0.469. The van der Waals surface area contributed by atoms with Gasteiger partial charge in [0.05, 0.1) is 16.9 Å². The van der Waals surface area contributed by atoms with Crippen LogP contribution in [0.5, 0.6) is 0 Å². The van der Waals surface area contributed by atoms with E-state index in [0.717, 1.165) is 5.56 Å². The van der Waals surface area contributed by atoms with E-state index in [1.165, 1.54) is 12.1 Å². The molecule has 0 unspecified atom stereocenters. The maximum Gasteiger partial charge on any atom is 0.269 e. The smallest absolute Gasteiger partial charge is 0.269 e. The first kappa shape index (κ1) is 12.5. The zero-order chi connectivity index (χ0) is 13.4. The molecular weight excluding hydrogens is 232 g/mol. The molecule has 0 saturated carbocycles. The summed E-state index contributed by atoms with van der Waals surface area (Å²) in [7, 11) is 0. The summed E-state index contributed by atoms with van der Waals surface area (Å²) in [5.41, 5.74) is 1.04. The third-order valence-electron chi connectivity index (χ3n) is 3.42. The molecule has 0 aliphatic carbocycles. The van der Waals surface area contributed by atoms with Crippen molar-refractivity contribution in [2.24, 2.45) is 5.92 Å². The first-order valence-electron chi connectivity index (χ1n) is 6.00. The Balaban J connectivity index is 2.26. The highest BCUT2D eigenvalue weighted by molar-refractivity contribution is 5.86. The van der Waals surface area contributed by atoms with Crippen LogP contribution in [-0.2, 0) is 4.79 Å². The van der Waals surface area contributed by atoms with Gasteiger partial charge < -0.3 is 4.90 Å². The summed E-state index contributed by atoms with van der Waals surface area (Å²) in [6.07, 6.45) is 0. The van der Waals surface area contributed by atoms with Crippen LogP contribution < -0.4 is 0 Å². The highest BCUT2D eigenvalue weighted by Crippen LogP contribution is 2.41. The van der Waals surface area contributed by atoms with Crippen LogP contribution in [0.3, 0.4) is 0 Å². The fourth-order valence-corrected chi connectivity index (χ4v) is 2.48. The van der Waals surface area contributed by atoms with Crippen LogP contribution in [0.25, 0.3) is 0 Å². The van der Waals surface area contributed by atoms with Gasteiger partial charge in [0.1, 0.15) is 0 Å². The number of benzene rings is 1. The molecule has 5 nitrogen and oxygen atoms in total. The third kappa shape index (κ3) is 1.85. The number of rotatable bonds is 3. The fourth-order valence-electron chi connectivity index (χ4n) is 2.48. The zero-order valence-corrected chi connectivity index (χ0v) is 10.7. The van der Waals surface area contributed by atoms with Crippen molar-refractivity contribution in [3.05, 3.63) is 39.9 Å². The lowest BCUT2D eigenvalue weighted by atomic mass is 9.82. The van der Waals surface area contributed by atoms with Gasteiger partial charge >= 0.3 is 0 Å². The van der Waals surface area contributed by atoms with Crippen LogP contribution in [0.15, 0.2) is 24.3 Å². The predicted molar refractivity (Wildman–Crippen MR) is 67.0 cm³/mol. The average Bonchev–Trinajstić information content (AvgIpc) is 2.34. The Hall–Kier alpha value is -1.91. The van der Waals surface area contributed by atoms with Crippen molar-refractivity contribution in [2.45, 2.75) is 32.9 Å². The van der Waals surface area contributed by atoms with Gasteiger partial charge in [0.25, 0.3) is 5.69 Å². The van der Waals surface area contributed by atoms with Gasteiger partial charge in [-0.05, 0) is 19.4 Å². The second kappa shape index (κ2) is 4.40. The van der Waals surface area contributed by atoms with Crippen molar-refractivity contribution in [3.63, 3.8) is 0 Å². The van der Waals surface area contributed by atoms with Crippen LogP contribution in [0.2, 0.25) is 0 Å². The van der Waals surface area contributed by atoms with Gasteiger partial charge in [-0.2, -0.15) is 0 Å². The number of non-ortho nitro benzene ring substituents is 1. The van der Waals surface area contributed by atoms with Crippen molar-refractivity contribution in [3.8, 4) is 0 Å². The predicted octanol–water partition coefficient (Wildman–Crippen LogP) is 2.52. The van der Waals surface area contributed by atoms with Gasteiger partial charge in [-0.15, -0.1) is 0 Å². The van der Waals surface area contributed by atoms with Gasteiger partial charge in [-0.3, -0.25) is 14.9 Å². The van der Waals surface area contributed by atoms with E-state index in [4.69, 9.17) is 0 Å². The minimum absolute atomic E-state index is 0.0401. The normalized spacial score (nSPS) is 23.1. The van der Waals surface area contributed by atoms with Crippen molar-refractivity contribution >= 4 is 11.6 Å². The number of amides is 1. The molecule has 18 heavy (non-hydrogen) atoms. The summed E-state index contributed by atoms with van der Waals surface area (Å²) in [4.78, 5) is 23.8. The fraction of sp³-hybridized carbons (Fsp3) is 0.462. The number of nitro groups is 1. The van der Waals surface area contributed by atoms with E-state index in [2.05, 4.69) is 0 Å². The molecule has 1 saturated heterocycles. The molecule has 1 aromatic rings. The Bertz CT molecular complexity index is 482. The summed E-state index contributed by atoms with van der Waals surface area (Å²) >= 11 is 0. The largest absolute Gasteiger partial charge is 0.332 e. The van der Waals surface area contributed by atoms with E-state index in [1.807, 2.05) is 25.7 Å². The number of nitrogens with zero attached hydrogens (tertiary/aromatic N) is 2. The Labute approximate surface area is 106 Å². The van der Waals surface area contributed by atoms with Crippen molar-refractivity contribution in [1.29, 1.82) is 0 Å². The molecule has 1 aliphatic rings. The molecule has 1 aromatic carbocycles. The molecule has 0 spiro atoms. The highest BCUT2D eigenvalue weighted by Gasteiger charge is 2.46. The number of hydrogen-bond acceptors (Lipinski definition) is 3. The van der Waals surface area contributed by atoms with E-state index in [0.29, 0.717) is 0 Å². The number of carbonyl (C=O) groups excluding carboxylic acids is 1. The van der Waals surface area contributed by atoms with Gasteiger partial charge in [-0.1, -0.05) is 19.1 Å². The molecule has 1 fully saturated rings. The number of likely N-dealkylation sites (tertiary alicyclic amines) is 1. The summed E-state index contributed by atoms with van der Waals surface area (Å²) in [5.74, 6) is 0.0993. The van der Waals surface area contributed by atoms with Gasteiger partial charge in [0.2, 0.25) is 5.91 Å². The van der Waals surface area contributed by atoms with Crippen molar-refractivity contribution in [2.75, 3.05) is 0 Å². The average molecular weight is 248 g/mol. The van der Waals surface area contributed by atoms with E-state index in [1.54, 1.807) is 12.1 Å². The molecule has 96 valence electrons. The lowest BCUT2D eigenvalue weighted by molar-refractivity contribution is -0.384. The van der Waals surface area contributed by atoms with E-state index < -0.39 is 4.92 Å². The first-order chi connectivity index (χ1) is 8.43. The SMILES string of the molecule is CC(C)N1C(=O)[C@@H](C)[C@@H]1c1ccc([N+](=O)[O-])cc1.